The third-order valence-electron chi connectivity index (χ3n) is 3.07. The predicted octanol–water partition coefficient (Wildman–Crippen LogP) is 4.05. The minimum atomic E-state index is -0.218. The second-order valence-corrected chi connectivity index (χ2v) is 7.09. The van der Waals surface area contributed by atoms with Crippen molar-refractivity contribution in [1.29, 1.82) is 0 Å². The van der Waals surface area contributed by atoms with Crippen LogP contribution in [0.5, 0.6) is 0 Å². The number of carbonyl (C=O) groups excluding carboxylic acids is 1. The summed E-state index contributed by atoms with van der Waals surface area (Å²) in [5, 5.41) is 6.22. The molecule has 0 fully saturated rings. The molecule has 1 aromatic carbocycles. The molecule has 0 aliphatic rings. The molecule has 5 nitrogen and oxygen atoms in total. The van der Waals surface area contributed by atoms with Gasteiger partial charge in [0.15, 0.2) is 0 Å². The summed E-state index contributed by atoms with van der Waals surface area (Å²) in [6.07, 6.45) is 0. The fourth-order valence-electron chi connectivity index (χ4n) is 2.01. The Labute approximate surface area is 151 Å². The molecule has 0 aliphatic heterocycles. The molecule has 2 N–H and O–H groups in total. The smallest absolute Gasteiger partial charge is 0.319 e. The minimum absolute atomic E-state index is 0.218. The van der Waals surface area contributed by atoms with Crippen molar-refractivity contribution in [2.24, 2.45) is 0 Å². The van der Waals surface area contributed by atoms with E-state index in [0.29, 0.717) is 17.3 Å². The fourth-order valence-corrected chi connectivity index (χ4v) is 2.89. The topological polar surface area (TPSA) is 57.5 Å². The average Bonchev–Trinajstić information content (AvgIpc) is 2.96. The zero-order chi connectivity index (χ0) is 17.4. The number of hydrogen-bond donors (Lipinski definition) is 2. The first kappa shape index (κ1) is 18.7. The lowest BCUT2D eigenvalue weighted by Gasteiger charge is -2.07. The van der Waals surface area contributed by atoms with Gasteiger partial charge in [0.25, 0.3) is 0 Å². The van der Waals surface area contributed by atoms with E-state index >= 15 is 0 Å². The Bertz CT molecular complexity index is 644. The highest BCUT2D eigenvalue weighted by atomic mass is 35.5. The van der Waals surface area contributed by atoms with E-state index in [9.17, 15) is 4.79 Å². The van der Waals surface area contributed by atoms with E-state index in [2.05, 4.69) is 15.5 Å². The van der Waals surface area contributed by atoms with Gasteiger partial charge < -0.3 is 20.0 Å². The number of halogens is 1. The summed E-state index contributed by atoms with van der Waals surface area (Å²) in [6, 6.07) is 10.8. The summed E-state index contributed by atoms with van der Waals surface area (Å²) in [4.78, 5) is 13.8. The summed E-state index contributed by atoms with van der Waals surface area (Å²) in [6.45, 7) is 1.40. The van der Waals surface area contributed by atoms with Gasteiger partial charge in [0, 0.05) is 23.0 Å². The molecule has 0 radical (unpaired) electrons. The van der Waals surface area contributed by atoms with E-state index in [1.807, 2.05) is 26.2 Å². The van der Waals surface area contributed by atoms with Crippen molar-refractivity contribution in [2.45, 2.75) is 12.3 Å². The van der Waals surface area contributed by atoms with Crippen molar-refractivity contribution in [3.8, 4) is 0 Å². The van der Waals surface area contributed by atoms with Gasteiger partial charge in [-0.25, -0.2) is 4.79 Å². The number of rotatable bonds is 8. The number of nitrogens with one attached hydrogen (secondary N) is 2. The van der Waals surface area contributed by atoms with Gasteiger partial charge in [0.1, 0.15) is 11.5 Å². The molecule has 0 unspecified atom stereocenters. The van der Waals surface area contributed by atoms with Crippen LogP contribution in [-0.2, 0) is 12.3 Å². The molecule has 2 amide bonds. The summed E-state index contributed by atoms with van der Waals surface area (Å²) in [5.74, 6) is 3.55. The van der Waals surface area contributed by atoms with Crippen LogP contribution >= 0.6 is 23.4 Å². The monoisotopic (exact) mass is 367 g/mol. The number of amides is 2. The molecule has 0 atom stereocenters. The number of furan rings is 1. The van der Waals surface area contributed by atoms with Crippen molar-refractivity contribution in [2.75, 3.05) is 31.7 Å². The minimum Gasteiger partial charge on any atom is -0.464 e. The van der Waals surface area contributed by atoms with Gasteiger partial charge in [0.2, 0.25) is 0 Å². The molecule has 130 valence electrons. The molecular formula is C17H22ClN3O2S. The number of thioether (sulfide) groups is 1. The lowest BCUT2D eigenvalue weighted by molar-refractivity contribution is 0.252. The van der Waals surface area contributed by atoms with Crippen LogP contribution < -0.4 is 10.6 Å². The standard InChI is InChI=1S/C17H22ClN3O2S/c1-21(2)11-15-7-8-16(23-15)12-24-10-9-19-17(22)20-14-5-3-13(18)4-6-14/h3-8H,9-12H2,1-2H3,(H2,19,20,22). The largest absolute Gasteiger partial charge is 0.464 e. The van der Waals surface area contributed by atoms with Crippen molar-refractivity contribution in [3.63, 3.8) is 0 Å². The van der Waals surface area contributed by atoms with Crippen molar-refractivity contribution < 1.29 is 9.21 Å². The number of benzene rings is 1. The van der Waals surface area contributed by atoms with Gasteiger partial charge >= 0.3 is 6.03 Å². The lowest BCUT2D eigenvalue weighted by Crippen LogP contribution is -2.30. The van der Waals surface area contributed by atoms with Gasteiger partial charge in [-0.2, -0.15) is 11.8 Å². The third-order valence-corrected chi connectivity index (χ3v) is 4.30. The number of anilines is 1. The Morgan fingerprint density at radius 1 is 1.17 bits per heavy atom. The van der Waals surface area contributed by atoms with E-state index in [1.54, 1.807) is 36.0 Å². The van der Waals surface area contributed by atoms with Gasteiger partial charge in [-0.1, -0.05) is 11.6 Å². The van der Waals surface area contributed by atoms with Crippen molar-refractivity contribution >= 4 is 35.1 Å². The summed E-state index contributed by atoms with van der Waals surface area (Å²) in [5.41, 5.74) is 0.716. The number of hydrogen-bond acceptors (Lipinski definition) is 4. The van der Waals surface area contributed by atoms with E-state index in [1.165, 1.54) is 0 Å². The third kappa shape index (κ3) is 6.86. The quantitative estimate of drug-likeness (QED) is 0.691. The number of carbonyl (C=O) groups is 1. The first-order valence-corrected chi connectivity index (χ1v) is 9.16. The molecule has 0 aliphatic carbocycles. The SMILES string of the molecule is CN(C)Cc1ccc(CSCCNC(=O)Nc2ccc(Cl)cc2)o1. The highest BCUT2D eigenvalue weighted by molar-refractivity contribution is 7.98. The Balaban J connectivity index is 1.60. The van der Waals surface area contributed by atoms with Gasteiger partial charge in [-0.3, -0.25) is 0 Å². The van der Waals surface area contributed by atoms with Crippen LogP contribution in [0.3, 0.4) is 0 Å². The van der Waals surface area contributed by atoms with Crippen molar-refractivity contribution in [3.05, 3.63) is 52.9 Å². The van der Waals surface area contributed by atoms with E-state index in [-0.39, 0.29) is 6.03 Å². The number of urea groups is 1. The number of nitrogens with zero attached hydrogens (tertiary/aromatic N) is 1. The van der Waals surface area contributed by atoms with Crippen LogP contribution in [0.25, 0.3) is 0 Å². The second-order valence-electron chi connectivity index (χ2n) is 5.55. The summed E-state index contributed by atoms with van der Waals surface area (Å²) >= 11 is 7.52. The predicted molar refractivity (Wildman–Crippen MR) is 101 cm³/mol. The molecule has 0 bridgehead atoms. The van der Waals surface area contributed by atoms with Crippen molar-refractivity contribution in [1.82, 2.24) is 10.2 Å². The normalized spacial score (nSPS) is 10.8. The maximum Gasteiger partial charge on any atom is 0.319 e. The highest BCUT2D eigenvalue weighted by Gasteiger charge is 2.04. The van der Waals surface area contributed by atoms with Crippen LogP contribution in [0.2, 0.25) is 5.02 Å². The Morgan fingerprint density at radius 2 is 1.88 bits per heavy atom. The molecule has 0 spiro atoms. The van der Waals surface area contributed by atoms with Crippen LogP contribution in [0.15, 0.2) is 40.8 Å². The molecule has 24 heavy (non-hydrogen) atoms. The maximum atomic E-state index is 11.7. The maximum absolute atomic E-state index is 11.7. The van der Waals surface area contributed by atoms with Crippen LogP contribution in [0, 0.1) is 0 Å². The fraction of sp³-hybridized carbons (Fsp3) is 0.353. The Morgan fingerprint density at radius 3 is 2.58 bits per heavy atom. The van der Waals surface area contributed by atoms with Crippen LogP contribution in [0.1, 0.15) is 11.5 Å². The Kier molecular flexibility index (Phi) is 7.49. The average molecular weight is 368 g/mol. The van der Waals surface area contributed by atoms with Crippen LogP contribution in [0.4, 0.5) is 10.5 Å². The molecule has 2 aromatic rings. The molecule has 0 saturated heterocycles. The molecule has 1 heterocycles. The highest BCUT2D eigenvalue weighted by Crippen LogP contribution is 2.16. The zero-order valence-corrected chi connectivity index (χ0v) is 15.4. The molecule has 7 heteroatoms. The first-order valence-electron chi connectivity index (χ1n) is 7.63. The zero-order valence-electron chi connectivity index (χ0n) is 13.8. The summed E-state index contributed by atoms with van der Waals surface area (Å²) in [7, 11) is 4.02. The van der Waals surface area contributed by atoms with E-state index < -0.39 is 0 Å². The Hall–Kier alpha value is -1.63. The lowest BCUT2D eigenvalue weighted by atomic mass is 10.3. The van der Waals surface area contributed by atoms with E-state index in [4.69, 9.17) is 16.0 Å². The molecular weight excluding hydrogens is 346 g/mol. The van der Waals surface area contributed by atoms with Gasteiger partial charge in [0.05, 0.1) is 12.3 Å². The van der Waals surface area contributed by atoms with E-state index in [0.717, 1.165) is 29.6 Å². The molecule has 1 aromatic heterocycles. The van der Waals surface area contributed by atoms with Gasteiger partial charge in [-0.05, 0) is 50.5 Å². The van der Waals surface area contributed by atoms with Gasteiger partial charge in [-0.15, -0.1) is 0 Å². The van der Waals surface area contributed by atoms with Crippen LogP contribution in [-0.4, -0.2) is 37.3 Å². The molecule has 0 saturated carbocycles. The first-order chi connectivity index (χ1) is 11.5. The molecule has 2 rings (SSSR count). The summed E-state index contributed by atoms with van der Waals surface area (Å²) < 4.78 is 5.74. The second kappa shape index (κ2) is 9.61.